The van der Waals surface area contributed by atoms with Crippen molar-refractivity contribution >= 4 is 34.1 Å². The van der Waals surface area contributed by atoms with Crippen molar-refractivity contribution in [2.75, 3.05) is 19.0 Å². The molecule has 0 aliphatic heterocycles. The zero-order chi connectivity index (χ0) is 14.7. The number of thioether (sulfide) groups is 1. The summed E-state index contributed by atoms with van der Waals surface area (Å²) in [6, 6.07) is 8.22. The maximum Gasteiger partial charge on any atom is 0.265 e. The number of hydrogen-bond donors (Lipinski definition) is 1. The predicted octanol–water partition coefficient (Wildman–Crippen LogP) is 3.03. The Bertz CT molecular complexity index is 607. The number of carbonyl (C=O) groups is 1. The third-order valence-electron chi connectivity index (χ3n) is 2.93. The van der Waals surface area contributed by atoms with Gasteiger partial charge in [-0.2, -0.15) is 0 Å². The number of nitrogens with two attached hydrogens (primary N) is 1. The number of nitrogens with zero attached hydrogens (tertiary/aromatic N) is 2. The van der Waals surface area contributed by atoms with Gasteiger partial charge in [0.05, 0.1) is 5.69 Å². The Morgan fingerprint density at radius 3 is 2.55 bits per heavy atom. The van der Waals surface area contributed by atoms with E-state index in [-0.39, 0.29) is 5.91 Å². The largest absolute Gasteiger partial charge is 0.375 e. The summed E-state index contributed by atoms with van der Waals surface area (Å²) in [5.41, 5.74) is 7.44. The van der Waals surface area contributed by atoms with Gasteiger partial charge in [-0.1, -0.05) is 23.5 Å². The van der Waals surface area contributed by atoms with E-state index < -0.39 is 0 Å². The Balaban J connectivity index is 2.09. The van der Waals surface area contributed by atoms with Crippen LogP contribution in [0.3, 0.4) is 0 Å². The Kier molecular flexibility index (Phi) is 4.67. The van der Waals surface area contributed by atoms with Crippen LogP contribution in [0.15, 0.2) is 29.2 Å². The Morgan fingerprint density at radius 2 is 2.05 bits per heavy atom. The summed E-state index contributed by atoms with van der Waals surface area (Å²) in [7, 11) is 1.79. The van der Waals surface area contributed by atoms with Crippen molar-refractivity contribution < 1.29 is 4.79 Å². The molecule has 1 heterocycles. The zero-order valence-electron chi connectivity index (χ0n) is 11.7. The summed E-state index contributed by atoms with van der Waals surface area (Å²) in [6.45, 7) is 2.38. The summed E-state index contributed by atoms with van der Waals surface area (Å²) in [6.07, 6.45) is 2.04. The monoisotopic (exact) mass is 307 g/mol. The molecule has 0 spiro atoms. The lowest BCUT2D eigenvalue weighted by Gasteiger charge is -2.16. The van der Waals surface area contributed by atoms with Gasteiger partial charge in [-0.15, -0.1) is 11.8 Å². The van der Waals surface area contributed by atoms with E-state index in [4.69, 9.17) is 5.73 Å². The first-order chi connectivity index (χ1) is 9.51. The number of thiazole rings is 1. The van der Waals surface area contributed by atoms with E-state index in [0.717, 1.165) is 5.56 Å². The highest BCUT2D eigenvalue weighted by atomic mass is 32.2. The van der Waals surface area contributed by atoms with Crippen LogP contribution in [0.1, 0.15) is 20.9 Å². The quantitative estimate of drug-likeness (QED) is 0.882. The molecule has 106 valence electrons. The number of rotatable bonds is 4. The van der Waals surface area contributed by atoms with Crippen LogP contribution in [-0.2, 0) is 6.54 Å². The molecule has 0 saturated heterocycles. The van der Waals surface area contributed by atoms with Crippen LogP contribution in [0.5, 0.6) is 0 Å². The number of anilines is 1. The van der Waals surface area contributed by atoms with E-state index in [0.29, 0.717) is 22.2 Å². The summed E-state index contributed by atoms with van der Waals surface area (Å²) in [4.78, 5) is 20.0. The molecule has 2 rings (SSSR count). The van der Waals surface area contributed by atoms with Crippen LogP contribution in [0.25, 0.3) is 0 Å². The van der Waals surface area contributed by atoms with Crippen molar-refractivity contribution in [3.8, 4) is 0 Å². The maximum absolute atomic E-state index is 12.3. The van der Waals surface area contributed by atoms with Crippen molar-refractivity contribution in [2.24, 2.45) is 0 Å². The number of hydrogen-bond acceptors (Lipinski definition) is 5. The first kappa shape index (κ1) is 14.9. The maximum atomic E-state index is 12.3. The molecule has 0 fully saturated rings. The molecule has 6 heteroatoms. The van der Waals surface area contributed by atoms with E-state index in [1.54, 1.807) is 30.6 Å². The molecule has 1 aromatic heterocycles. The minimum absolute atomic E-state index is 0.0364. The van der Waals surface area contributed by atoms with Gasteiger partial charge in [0.25, 0.3) is 5.91 Å². The van der Waals surface area contributed by atoms with E-state index in [2.05, 4.69) is 17.1 Å². The molecular weight excluding hydrogens is 290 g/mol. The second kappa shape index (κ2) is 6.28. The standard InChI is InChI=1S/C14H17N3OS2/c1-9-12(20-14(15)16-9)13(18)17(2)8-10-4-6-11(19-3)7-5-10/h4-7H,8H2,1-3H3,(H2,15,16). The molecule has 1 aromatic carbocycles. The SMILES string of the molecule is CSc1ccc(CN(C)C(=O)c2sc(N)nc2C)cc1. The van der Waals surface area contributed by atoms with Gasteiger partial charge in [0.2, 0.25) is 0 Å². The van der Waals surface area contributed by atoms with Gasteiger partial charge in [0, 0.05) is 18.5 Å². The summed E-state index contributed by atoms with van der Waals surface area (Å²) in [5.74, 6) is -0.0364. The van der Waals surface area contributed by atoms with Gasteiger partial charge in [0.15, 0.2) is 5.13 Å². The van der Waals surface area contributed by atoms with Crippen LogP contribution in [0.2, 0.25) is 0 Å². The number of carbonyl (C=O) groups excluding carboxylic acids is 1. The predicted molar refractivity (Wildman–Crippen MR) is 85.3 cm³/mol. The molecule has 4 nitrogen and oxygen atoms in total. The van der Waals surface area contributed by atoms with Crippen LogP contribution in [0.4, 0.5) is 5.13 Å². The smallest absolute Gasteiger partial charge is 0.265 e. The molecule has 0 bridgehead atoms. The zero-order valence-corrected chi connectivity index (χ0v) is 13.3. The average molecular weight is 307 g/mol. The van der Waals surface area contributed by atoms with Crippen LogP contribution in [0, 0.1) is 6.92 Å². The fourth-order valence-electron chi connectivity index (χ4n) is 1.87. The molecule has 0 unspecified atom stereocenters. The first-order valence-corrected chi connectivity index (χ1v) is 8.16. The molecule has 2 N–H and O–H groups in total. The average Bonchev–Trinajstić information content (AvgIpc) is 2.77. The van der Waals surface area contributed by atoms with E-state index in [1.807, 2.05) is 18.4 Å². The van der Waals surface area contributed by atoms with Gasteiger partial charge in [0.1, 0.15) is 4.88 Å². The highest BCUT2D eigenvalue weighted by molar-refractivity contribution is 7.98. The number of aryl methyl sites for hydroxylation is 1. The highest BCUT2D eigenvalue weighted by Crippen LogP contribution is 2.22. The molecular formula is C14H17N3OS2. The lowest BCUT2D eigenvalue weighted by molar-refractivity contribution is 0.0789. The van der Waals surface area contributed by atoms with Crippen molar-refractivity contribution in [3.05, 3.63) is 40.4 Å². The minimum atomic E-state index is -0.0364. The summed E-state index contributed by atoms with van der Waals surface area (Å²) < 4.78 is 0. The first-order valence-electron chi connectivity index (χ1n) is 6.12. The minimum Gasteiger partial charge on any atom is -0.375 e. The number of aromatic nitrogens is 1. The fraction of sp³-hybridized carbons (Fsp3) is 0.286. The van der Waals surface area contributed by atoms with Crippen LogP contribution >= 0.6 is 23.1 Å². The van der Waals surface area contributed by atoms with Crippen molar-refractivity contribution in [1.82, 2.24) is 9.88 Å². The lowest BCUT2D eigenvalue weighted by atomic mass is 10.2. The number of amides is 1. The molecule has 2 aromatic rings. The normalized spacial score (nSPS) is 10.6. The molecule has 0 radical (unpaired) electrons. The van der Waals surface area contributed by atoms with E-state index in [9.17, 15) is 4.79 Å². The second-order valence-corrected chi connectivity index (χ2v) is 6.39. The van der Waals surface area contributed by atoms with Gasteiger partial charge < -0.3 is 10.6 Å². The molecule has 0 aliphatic carbocycles. The van der Waals surface area contributed by atoms with Crippen LogP contribution in [-0.4, -0.2) is 29.1 Å². The number of benzene rings is 1. The number of nitrogen functional groups attached to an aromatic ring is 1. The van der Waals surface area contributed by atoms with Gasteiger partial charge in [-0.25, -0.2) is 4.98 Å². The van der Waals surface area contributed by atoms with E-state index in [1.165, 1.54) is 16.2 Å². The van der Waals surface area contributed by atoms with Gasteiger partial charge in [-0.3, -0.25) is 4.79 Å². The molecule has 0 saturated carbocycles. The molecule has 1 amide bonds. The Hall–Kier alpha value is -1.53. The Labute approximate surface area is 127 Å². The third kappa shape index (κ3) is 3.32. The molecule has 0 aliphatic rings. The van der Waals surface area contributed by atoms with E-state index >= 15 is 0 Å². The van der Waals surface area contributed by atoms with Gasteiger partial charge >= 0.3 is 0 Å². The molecule has 0 atom stereocenters. The van der Waals surface area contributed by atoms with Crippen molar-refractivity contribution in [1.29, 1.82) is 0 Å². The van der Waals surface area contributed by atoms with Crippen LogP contribution < -0.4 is 5.73 Å². The highest BCUT2D eigenvalue weighted by Gasteiger charge is 2.18. The topological polar surface area (TPSA) is 59.2 Å². The fourth-order valence-corrected chi connectivity index (χ4v) is 3.10. The van der Waals surface area contributed by atoms with Gasteiger partial charge in [-0.05, 0) is 30.9 Å². The molecule has 20 heavy (non-hydrogen) atoms. The third-order valence-corrected chi connectivity index (χ3v) is 4.65. The van der Waals surface area contributed by atoms with Crippen molar-refractivity contribution in [2.45, 2.75) is 18.4 Å². The summed E-state index contributed by atoms with van der Waals surface area (Å²) in [5, 5.41) is 0.434. The lowest BCUT2D eigenvalue weighted by Crippen LogP contribution is -2.26. The van der Waals surface area contributed by atoms with Crippen molar-refractivity contribution in [3.63, 3.8) is 0 Å². The summed E-state index contributed by atoms with van der Waals surface area (Å²) >= 11 is 2.94. The Morgan fingerprint density at radius 1 is 1.40 bits per heavy atom. The second-order valence-electron chi connectivity index (χ2n) is 4.48.